The van der Waals surface area contributed by atoms with Crippen molar-refractivity contribution in [3.63, 3.8) is 0 Å². The maximum Gasteiger partial charge on any atom is 0.341 e. The molecule has 2 aromatic rings. The first-order valence-corrected chi connectivity index (χ1v) is 8.51. The summed E-state index contributed by atoms with van der Waals surface area (Å²) in [5.41, 5.74) is 0.319. The van der Waals surface area contributed by atoms with Crippen LogP contribution < -0.4 is 5.32 Å². The van der Waals surface area contributed by atoms with Gasteiger partial charge in [-0.3, -0.25) is 9.59 Å². The van der Waals surface area contributed by atoms with Crippen LogP contribution in [0.5, 0.6) is 0 Å². The fourth-order valence-corrected chi connectivity index (χ4v) is 2.62. The second kappa shape index (κ2) is 8.57. The third kappa shape index (κ3) is 4.78. The molecule has 0 aliphatic carbocycles. The van der Waals surface area contributed by atoms with Crippen LogP contribution in [0.3, 0.4) is 0 Å². The predicted octanol–water partition coefficient (Wildman–Crippen LogP) is 2.38. The Morgan fingerprint density at radius 1 is 1.30 bits per heavy atom. The summed E-state index contributed by atoms with van der Waals surface area (Å²) in [6, 6.07) is 3.95. The number of likely N-dealkylation sites (N-methyl/N-ethyl adjacent to an activating group) is 1. The Hall–Kier alpha value is -3.03. The third-order valence-electron chi connectivity index (χ3n) is 4.11. The third-order valence-corrected chi connectivity index (χ3v) is 4.11. The highest BCUT2D eigenvalue weighted by atomic mass is 16.5. The van der Waals surface area contributed by atoms with Crippen LogP contribution in [-0.2, 0) is 16.1 Å². The van der Waals surface area contributed by atoms with Crippen LogP contribution in [0.15, 0.2) is 33.3 Å². The van der Waals surface area contributed by atoms with Crippen molar-refractivity contribution in [2.75, 3.05) is 14.2 Å². The molecule has 2 amide bonds. The molecular weight excluding hydrogens is 352 g/mol. The van der Waals surface area contributed by atoms with E-state index in [-0.39, 0.29) is 24.1 Å². The van der Waals surface area contributed by atoms with Gasteiger partial charge < -0.3 is 23.8 Å². The molecular formula is C19H24N2O6. The predicted molar refractivity (Wildman–Crippen MR) is 96.1 cm³/mol. The van der Waals surface area contributed by atoms with Crippen molar-refractivity contribution in [3.8, 4) is 0 Å². The van der Waals surface area contributed by atoms with Crippen LogP contribution in [0.1, 0.15) is 46.3 Å². The van der Waals surface area contributed by atoms with Crippen molar-refractivity contribution < 1.29 is 28.0 Å². The smallest absolute Gasteiger partial charge is 0.341 e. The summed E-state index contributed by atoms with van der Waals surface area (Å²) in [4.78, 5) is 38.2. The number of rotatable bonds is 7. The van der Waals surface area contributed by atoms with E-state index in [9.17, 15) is 14.4 Å². The summed E-state index contributed by atoms with van der Waals surface area (Å²) < 4.78 is 15.3. The number of nitrogens with one attached hydrogen (secondary N) is 1. The summed E-state index contributed by atoms with van der Waals surface area (Å²) in [6.45, 7) is 5.48. The largest absolute Gasteiger partial charge is 0.465 e. The Bertz CT molecular complexity index is 806. The summed E-state index contributed by atoms with van der Waals surface area (Å²) in [6.07, 6.45) is 1.39. The van der Waals surface area contributed by atoms with Crippen LogP contribution in [-0.4, -0.2) is 42.9 Å². The van der Waals surface area contributed by atoms with Gasteiger partial charge in [0, 0.05) is 7.05 Å². The van der Waals surface area contributed by atoms with Crippen LogP contribution >= 0.6 is 0 Å². The fraction of sp³-hybridized carbons (Fsp3) is 0.421. The van der Waals surface area contributed by atoms with Gasteiger partial charge in [-0.25, -0.2) is 4.79 Å². The van der Waals surface area contributed by atoms with Gasteiger partial charge in [0.2, 0.25) is 5.91 Å². The highest BCUT2D eigenvalue weighted by molar-refractivity contribution is 5.95. The highest BCUT2D eigenvalue weighted by Gasteiger charge is 2.29. The maximum absolute atomic E-state index is 12.8. The number of hydrogen-bond acceptors (Lipinski definition) is 6. The number of nitrogens with zero attached hydrogens (tertiary/aromatic N) is 1. The molecule has 0 aromatic carbocycles. The van der Waals surface area contributed by atoms with E-state index in [4.69, 9.17) is 13.6 Å². The van der Waals surface area contributed by atoms with Crippen LogP contribution in [0.25, 0.3) is 0 Å². The number of amides is 2. The van der Waals surface area contributed by atoms with E-state index in [1.807, 2.05) is 13.8 Å². The topological polar surface area (TPSA) is 102 Å². The summed E-state index contributed by atoms with van der Waals surface area (Å²) in [5, 5.41) is 2.70. The zero-order valence-electron chi connectivity index (χ0n) is 16.1. The van der Waals surface area contributed by atoms with Crippen molar-refractivity contribution >= 4 is 17.8 Å². The lowest BCUT2D eigenvalue weighted by Crippen LogP contribution is -2.49. The van der Waals surface area contributed by atoms with Crippen LogP contribution in [0, 0.1) is 12.8 Å². The molecule has 8 heteroatoms. The molecule has 1 N–H and O–H groups in total. The molecule has 2 aromatic heterocycles. The number of methoxy groups -OCH3 is 1. The number of hydrogen-bond donors (Lipinski definition) is 1. The first-order valence-electron chi connectivity index (χ1n) is 8.51. The molecule has 27 heavy (non-hydrogen) atoms. The second-order valence-corrected chi connectivity index (χ2v) is 6.54. The van der Waals surface area contributed by atoms with Crippen molar-refractivity contribution in [1.82, 2.24) is 10.2 Å². The Morgan fingerprint density at radius 2 is 2.00 bits per heavy atom. The number of ether oxygens (including phenoxy) is 1. The monoisotopic (exact) mass is 376 g/mol. The average Bonchev–Trinajstić information content (AvgIpc) is 3.27. The lowest BCUT2D eigenvalue weighted by molar-refractivity contribution is -0.133. The molecule has 0 aliphatic rings. The van der Waals surface area contributed by atoms with E-state index in [1.165, 1.54) is 24.3 Å². The number of esters is 1. The fourth-order valence-electron chi connectivity index (χ4n) is 2.62. The van der Waals surface area contributed by atoms with Gasteiger partial charge in [-0.1, -0.05) is 13.8 Å². The number of aryl methyl sites for hydroxylation is 1. The first kappa shape index (κ1) is 20.3. The van der Waals surface area contributed by atoms with Gasteiger partial charge >= 0.3 is 5.97 Å². The molecule has 2 heterocycles. The Morgan fingerprint density at radius 3 is 2.56 bits per heavy atom. The summed E-state index contributed by atoms with van der Waals surface area (Å²) >= 11 is 0. The van der Waals surface area contributed by atoms with Crippen molar-refractivity contribution in [2.24, 2.45) is 5.92 Å². The molecule has 0 unspecified atom stereocenters. The van der Waals surface area contributed by atoms with E-state index in [2.05, 4.69) is 5.32 Å². The maximum atomic E-state index is 12.8. The molecule has 1 atom stereocenters. The molecule has 0 bridgehead atoms. The number of carbonyl (C=O) groups is 3. The second-order valence-electron chi connectivity index (χ2n) is 6.54. The molecule has 0 radical (unpaired) electrons. The van der Waals surface area contributed by atoms with Gasteiger partial charge in [-0.15, -0.1) is 0 Å². The van der Waals surface area contributed by atoms with Gasteiger partial charge in [0.1, 0.15) is 23.1 Å². The normalized spacial score (nSPS) is 11.9. The van der Waals surface area contributed by atoms with E-state index in [1.54, 1.807) is 26.1 Å². The summed E-state index contributed by atoms with van der Waals surface area (Å²) in [7, 11) is 2.89. The van der Waals surface area contributed by atoms with E-state index < -0.39 is 17.9 Å². The van der Waals surface area contributed by atoms with E-state index in [0.717, 1.165) is 0 Å². The minimum absolute atomic E-state index is 0.136. The molecule has 0 fully saturated rings. The Kier molecular flexibility index (Phi) is 6.44. The molecule has 0 saturated carbocycles. The van der Waals surface area contributed by atoms with E-state index >= 15 is 0 Å². The first-order chi connectivity index (χ1) is 12.7. The van der Waals surface area contributed by atoms with Gasteiger partial charge in [-0.2, -0.15) is 0 Å². The van der Waals surface area contributed by atoms with Crippen molar-refractivity contribution in [1.29, 1.82) is 0 Å². The summed E-state index contributed by atoms with van der Waals surface area (Å²) in [5.74, 6) is -0.362. The van der Waals surface area contributed by atoms with Gasteiger partial charge in [0.25, 0.3) is 5.91 Å². The van der Waals surface area contributed by atoms with Gasteiger partial charge in [0.05, 0.1) is 19.9 Å². The van der Waals surface area contributed by atoms with Gasteiger partial charge in [-0.05, 0) is 31.0 Å². The van der Waals surface area contributed by atoms with Crippen molar-refractivity contribution in [3.05, 3.63) is 47.3 Å². The van der Waals surface area contributed by atoms with Gasteiger partial charge in [0.15, 0.2) is 5.76 Å². The number of furan rings is 2. The zero-order valence-corrected chi connectivity index (χ0v) is 16.1. The zero-order chi connectivity index (χ0) is 20.1. The molecule has 8 nitrogen and oxygen atoms in total. The molecule has 2 rings (SSSR count). The quantitative estimate of drug-likeness (QED) is 0.745. The lowest BCUT2D eigenvalue weighted by atomic mass is 10.0. The minimum atomic E-state index is -0.733. The molecule has 0 aliphatic heterocycles. The molecule has 0 spiro atoms. The minimum Gasteiger partial charge on any atom is -0.465 e. The molecule has 146 valence electrons. The SMILES string of the molecule is COC(=O)c1cc(CN(C)C(=O)[C@@H](NC(=O)c2ccco2)C(C)C)oc1C. The Labute approximate surface area is 157 Å². The van der Waals surface area contributed by atoms with Crippen molar-refractivity contribution in [2.45, 2.75) is 33.4 Å². The standard InChI is InChI=1S/C19H24N2O6/c1-11(2)16(20-17(22)15-7-6-8-26-15)18(23)21(4)10-13-9-14(12(3)27-13)19(24)25-5/h6-9,11,16H,10H2,1-5H3,(H,20,22)/t16-/m0/s1. The Balaban J connectivity index is 2.09. The average molecular weight is 376 g/mol. The molecule has 0 saturated heterocycles. The lowest BCUT2D eigenvalue weighted by Gasteiger charge is -2.26. The van der Waals surface area contributed by atoms with Crippen LogP contribution in [0.2, 0.25) is 0 Å². The van der Waals surface area contributed by atoms with Crippen LogP contribution in [0.4, 0.5) is 0 Å². The number of carbonyl (C=O) groups excluding carboxylic acids is 3. The van der Waals surface area contributed by atoms with E-state index in [0.29, 0.717) is 17.1 Å². The highest BCUT2D eigenvalue weighted by Crippen LogP contribution is 2.18.